The van der Waals surface area contributed by atoms with Gasteiger partial charge in [0.1, 0.15) is 0 Å². The zero-order valence-corrected chi connectivity index (χ0v) is 9.95. The van der Waals surface area contributed by atoms with Crippen molar-refractivity contribution in [2.24, 2.45) is 5.73 Å². The van der Waals surface area contributed by atoms with E-state index in [1.54, 1.807) is 14.2 Å². The van der Waals surface area contributed by atoms with Crippen molar-refractivity contribution in [2.75, 3.05) is 14.2 Å². The van der Waals surface area contributed by atoms with E-state index in [0.29, 0.717) is 13.2 Å². The molecule has 1 aromatic rings. The van der Waals surface area contributed by atoms with Crippen LogP contribution in [0.15, 0.2) is 12.1 Å². The summed E-state index contributed by atoms with van der Waals surface area (Å²) in [6.45, 7) is 1.28. The van der Waals surface area contributed by atoms with Crippen molar-refractivity contribution >= 4 is 0 Å². The third-order valence-corrected chi connectivity index (χ3v) is 3.09. The summed E-state index contributed by atoms with van der Waals surface area (Å²) < 4.78 is 10.4. The number of hydrogen-bond donors (Lipinski definition) is 1. The molecule has 88 valence electrons. The maximum atomic E-state index is 5.97. The maximum absolute atomic E-state index is 5.97. The molecule has 0 atom stereocenters. The summed E-state index contributed by atoms with van der Waals surface area (Å²) >= 11 is 0. The Kier molecular flexibility index (Phi) is 3.59. The molecule has 1 aliphatic rings. The average Bonchev–Trinajstić information content (AvgIpc) is 2.58. The van der Waals surface area contributed by atoms with E-state index in [1.807, 2.05) is 0 Å². The van der Waals surface area contributed by atoms with Gasteiger partial charge in [0.05, 0.1) is 13.2 Å². The van der Waals surface area contributed by atoms with Gasteiger partial charge in [0, 0.05) is 20.3 Å². The molecule has 3 nitrogen and oxygen atoms in total. The number of hydrogen-bond acceptors (Lipinski definition) is 3. The highest BCUT2D eigenvalue weighted by Gasteiger charge is 2.20. The molecule has 0 spiro atoms. The quantitative estimate of drug-likeness (QED) is 0.836. The first-order valence-corrected chi connectivity index (χ1v) is 5.61. The van der Waals surface area contributed by atoms with Gasteiger partial charge < -0.3 is 15.2 Å². The van der Waals surface area contributed by atoms with Crippen LogP contribution in [0.5, 0.6) is 0 Å². The van der Waals surface area contributed by atoms with Gasteiger partial charge in [-0.15, -0.1) is 0 Å². The van der Waals surface area contributed by atoms with Crippen molar-refractivity contribution in [3.8, 4) is 0 Å². The van der Waals surface area contributed by atoms with Gasteiger partial charge >= 0.3 is 0 Å². The minimum atomic E-state index is 0.281. The molecular formula is C13H19NO2. The van der Waals surface area contributed by atoms with Gasteiger partial charge in [0.15, 0.2) is 0 Å². The van der Waals surface area contributed by atoms with Crippen LogP contribution in [0.25, 0.3) is 0 Å². The summed E-state index contributed by atoms with van der Waals surface area (Å²) in [7, 11) is 3.44. The van der Waals surface area contributed by atoms with E-state index in [1.165, 1.54) is 22.3 Å². The molecule has 0 fully saturated rings. The van der Waals surface area contributed by atoms with Crippen LogP contribution >= 0.6 is 0 Å². The largest absolute Gasteiger partial charge is 0.380 e. The standard InChI is InChI=1S/C13H19NO2/c1-15-7-11-3-9-5-13(14)6-10(9)4-12(11)8-16-2/h3-4,13H,5-8,14H2,1-2H3. The molecule has 0 saturated heterocycles. The second kappa shape index (κ2) is 4.95. The van der Waals surface area contributed by atoms with Crippen molar-refractivity contribution in [1.29, 1.82) is 0 Å². The van der Waals surface area contributed by atoms with E-state index >= 15 is 0 Å². The lowest BCUT2D eigenvalue weighted by Crippen LogP contribution is -2.18. The lowest BCUT2D eigenvalue weighted by molar-refractivity contribution is 0.168. The molecule has 1 aliphatic carbocycles. The smallest absolute Gasteiger partial charge is 0.0716 e. The Bertz CT molecular complexity index is 341. The van der Waals surface area contributed by atoms with Crippen LogP contribution in [-0.4, -0.2) is 20.3 Å². The molecule has 0 aliphatic heterocycles. The molecule has 0 heterocycles. The first kappa shape index (κ1) is 11.6. The fraction of sp³-hybridized carbons (Fsp3) is 0.538. The SMILES string of the molecule is COCc1cc2c(cc1COC)CC(N)C2. The third-order valence-electron chi connectivity index (χ3n) is 3.09. The molecule has 3 heteroatoms. The molecule has 0 bridgehead atoms. The van der Waals surface area contributed by atoms with Crippen molar-refractivity contribution in [1.82, 2.24) is 0 Å². The van der Waals surface area contributed by atoms with Crippen LogP contribution in [0, 0.1) is 0 Å². The molecule has 0 radical (unpaired) electrons. The second-order valence-electron chi connectivity index (χ2n) is 4.42. The molecule has 0 unspecified atom stereocenters. The minimum Gasteiger partial charge on any atom is -0.380 e. The first-order valence-electron chi connectivity index (χ1n) is 5.61. The van der Waals surface area contributed by atoms with E-state index in [-0.39, 0.29) is 6.04 Å². The van der Waals surface area contributed by atoms with Crippen molar-refractivity contribution in [3.63, 3.8) is 0 Å². The Labute approximate surface area is 96.5 Å². The fourth-order valence-electron chi connectivity index (χ4n) is 2.39. The predicted molar refractivity (Wildman–Crippen MR) is 63.3 cm³/mol. The highest BCUT2D eigenvalue weighted by molar-refractivity contribution is 5.41. The number of ether oxygens (including phenoxy) is 2. The van der Waals surface area contributed by atoms with Gasteiger partial charge in [-0.1, -0.05) is 12.1 Å². The van der Waals surface area contributed by atoms with Crippen molar-refractivity contribution in [3.05, 3.63) is 34.4 Å². The van der Waals surface area contributed by atoms with E-state index in [2.05, 4.69) is 12.1 Å². The average molecular weight is 221 g/mol. The number of benzene rings is 1. The summed E-state index contributed by atoms with van der Waals surface area (Å²) in [6, 6.07) is 4.73. The third kappa shape index (κ3) is 2.26. The van der Waals surface area contributed by atoms with Crippen LogP contribution in [-0.2, 0) is 35.5 Å². The van der Waals surface area contributed by atoms with Gasteiger partial charge in [0.25, 0.3) is 0 Å². The minimum absolute atomic E-state index is 0.281. The Balaban J connectivity index is 2.33. The summed E-state index contributed by atoms with van der Waals surface area (Å²) in [5.74, 6) is 0. The molecule has 1 aromatic carbocycles. The van der Waals surface area contributed by atoms with Gasteiger partial charge in [-0.25, -0.2) is 0 Å². The number of rotatable bonds is 4. The zero-order chi connectivity index (χ0) is 11.5. The van der Waals surface area contributed by atoms with Crippen molar-refractivity contribution in [2.45, 2.75) is 32.1 Å². The van der Waals surface area contributed by atoms with Crippen LogP contribution in [0.2, 0.25) is 0 Å². The van der Waals surface area contributed by atoms with E-state index in [9.17, 15) is 0 Å². The molecule has 0 saturated carbocycles. The number of fused-ring (bicyclic) bond motifs is 1. The fourth-order valence-corrected chi connectivity index (χ4v) is 2.39. The summed E-state index contributed by atoms with van der Waals surface area (Å²) in [6.07, 6.45) is 1.97. The number of nitrogens with two attached hydrogens (primary N) is 1. The van der Waals surface area contributed by atoms with Crippen LogP contribution in [0.3, 0.4) is 0 Å². The van der Waals surface area contributed by atoms with E-state index < -0.39 is 0 Å². The maximum Gasteiger partial charge on any atom is 0.0716 e. The molecular weight excluding hydrogens is 202 g/mol. The predicted octanol–water partition coefficient (Wildman–Crippen LogP) is 1.41. The summed E-state index contributed by atoms with van der Waals surface area (Å²) in [4.78, 5) is 0. The van der Waals surface area contributed by atoms with Gasteiger partial charge in [0.2, 0.25) is 0 Å². The van der Waals surface area contributed by atoms with Gasteiger partial charge in [-0.05, 0) is 35.1 Å². The first-order chi connectivity index (χ1) is 7.74. The normalized spacial score (nSPS) is 15.4. The molecule has 2 N–H and O–H groups in total. The molecule has 0 amide bonds. The monoisotopic (exact) mass is 221 g/mol. The summed E-state index contributed by atoms with van der Waals surface area (Å²) in [5, 5.41) is 0. The summed E-state index contributed by atoms with van der Waals surface area (Å²) in [5.41, 5.74) is 11.2. The Hall–Kier alpha value is -0.900. The second-order valence-corrected chi connectivity index (χ2v) is 4.42. The van der Waals surface area contributed by atoms with Crippen molar-refractivity contribution < 1.29 is 9.47 Å². The van der Waals surface area contributed by atoms with Gasteiger partial charge in [-0.3, -0.25) is 0 Å². The Morgan fingerprint density at radius 1 is 1.06 bits per heavy atom. The Morgan fingerprint density at radius 2 is 1.50 bits per heavy atom. The number of methoxy groups -OCH3 is 2. The van der Waals surface area contributed by atoms with E-state index in [4.69, 9.17) is 15.2 Å². The van der Waals surface area contributed by atoms with Crippen LogP contribution in [0.1, 0.15) is 22.3 Å². The molecule has 0 aromatic heterocycles. The lowest BCUT2D eigenvalue weighted by atomic mass is 10.0. The van der Waals surface area contributed by atoms with E-state index in [0.717, 1.165) is 12.8 Å². The van der Waals surface area contributed by atoms with Crippen LogP contribution < -0.4 is 5.73 Å². The highest BCUT2D eigenvalue weighted by atomic mass is 16.5. The molecule has 16 heavy (non-hydrogen) atoms. The highest BCUT2D eigenvalue weighted by Crippen LogP contribution is 2.26. The lowest BCUT2D eigenvalue weighted by Gasteiger charge is -2.11. The van der Waals surface area contributed by atoms with Crippen LogP contribution in [0.4, 0.5) is 0 Å². The Morgan fingerprint density at radius 3 is 1.88 bits per heavy atom. The topological polar surface area (TPSA) is 44.5 Å². The van der Waals surface area contributed by atoms with Gasteiger partial charge in [-0.2, -0.15) is 0 Å². The molecule has 2 rings (SSSR count). The zero-order valence-electron chi connectivity index (χ0n) is 9.95.